The number of para-hydroxylation sites is 1. The first-order valence-corrected chi connectivity index (χ1v) is 6.81. The molecule has 0 heterocycles. The molecule has 0 amide bonds. The molecule has 0 spiro atoms. The second-order valence-electron chi connectivity index (χ2n) is 3.78. The van der Waals surface area contributed by atoms with E-state index < -0.39 is 28.6 Å². The number of aliphatic hydroxyl groups excluding tert-OH is 1. The van der Waals surface area contributed by atoms with Crippen molar-refractivity contribution in [2.75, 3.05) is 26.5 Å². The van der Waals surface area contributed by atoms with Gasteiger partial charge in [0.1, 0.15) is 10.9 Å². The number of esters is 1. The Kier molecular flexibility index (Phi) is 4.87. The van der Waals surface area contributed by atoms with Gasteiger partial charge in [-0.25, -0.2) is 8.42 Å². The molecule has 7 nitrogen and oxygen atoms in total. The Labute approximate surface area is 111 Å². The van der Waals surface area contributed by atoms with Crippen molar-refractivity contribution in [3.63, 3.8) is 0 Å². The van der Waals surface area contributed by atoms with Crippen molar-refractivity contribution in [1.82, 2.24) is 4.31 Å². The molecule has 0 aliphatic rings. The molecule has 0 aromatic heterocycles. The lowest BCUT2D eigenvalue weighted by Crippen LogP contribution is -2.45. The van der Waals surface area contributed by atoms with E-state index in [-0.39, 0.29) is 10.6 Å². The number of aliphatic hydroxyl groups is 1. The number of benzene rings is 1. The topological polar surface area (TPSA) is 110 Å². The lowest BCUT2D eigenvalue weighted by atomic mass is 10.3. The summed E-state index contributed by atoms with van der Waals surface area (Å²) in [5, 5.41) is 9.14. The van der Waals surface area contributed by atoms with Crippen LogP contribution in [0.3, 0.4) is 0 Å². The number of methoxy groups -OCH3 is 1. The average molecular weight is 288 g/mol. The maximum absolute atomic E-state index is 12.3. The first-order chi connectivity index (χ1) is 8.86. The van der Waals surface area contributed by atoms with Crippen LogP contribution >= 0.6 is 0 Å². The van der Waals surface area contributed by atoms with Gasteiger partial charge in [0.05, 0.1) is 19.4 Å². The predicted molar refractivity (Wildman–Crippen MR) is 68.7 cm³/mol. The zero-order chi connectivity index (χ0) is 14.6. The number of carbonyl (C=O) groups excluding carboxylic acids is 1. The largest absolute Gasteiger partial charge is 0.468 e. The summed E-state index contributed by atoms with van der Waals surface area (Å²) in [5.41, 5.74) is 5.68. The smallest absolute Gasteiger partial charge is 0.326 e. The van der Waals surface area contributed by atoms with Crippen LogP contribution in [0, 0.1) is 0 Å². The normalized spacial score (nSPS) is 13.3. The number of hydrogen-bond acceptors (Lipinski definition) is 6. The minimum atomic E-state index is -3.99. The Morgan fingerprint density at radius 3 is 2.53 bits per heavy atom. The number of hydrogen-bond donors (Lipinski definition) is 2. The summed E-state index contributed by atoms with van der Waals surface area (Å²) in [7, 11) is -1.70. The minimum Gasteiger partial charge on any atom is -0.468 e. The zero-order valence-electron chi connectivity index (χ0n) is 10.6. The van der Waals surface area contributed by atoms with E-state index in [1.54, 1.807) is 6.07 Å². The minimum absolute atomic E-state index is 0.0657. The molecule has 1 unspecified atom stereocenters. The number of ether oxygens (including phenoxy) is 1. The van der Waals surface area contributed by atoms with Gasteiger partial charge in [-0.1, -0.05) is 12.1 Å². The molecule has 0 radical (unpaired) electrons. The second kappa shape index (κ2) is 6.00. The highest BCUT2D eigenvalue weighted by molar-refractivity contribution is 7.89. The molecular formula is C11H16N2O5S. The second-order valence-corrected chi connectivity index (χ2v) is 5.75. The Morgan fingerprint density at radius 2 is 2.05 bits per heavy atom. The first kappa shape index (κ1) is 15.4. The molecule has 1 aromatic rings. The van der Waals surface area contributed by atoms with Crippen molar-refractivity contribution in [1.29, 1.82) is 0 Å². The number of rotatable bonds is 5. The summed E-state index contributed by atoms with van der Waals surface area (Å²) < 4.78 is 29.8. The molecule has 3 N–H and O–H groups in total. The molecule has 1 aromatic carbocycles. The van der Waals surface area contributed by atoms with Gasteiger partial charge in [0.2, 0.25) is 10.0 Å². The number of sulfonamides is 1. The van der Waals surface area contributed by atoms with Gasteiger partial charge in [0.15, 0.2) is 0 Å². The van der Waals surface area contributed by atoms with Crippen LogP contribution in [0.25, 0.3) is 0 Å². The van der Waals surface area contributed by atoms with Crippen molar-refractivity contribution < 1.29 is 23.1 Å². The van der Waals surface area contributed by atoms with Gasteiger partial charge >= 0.3 is 5.97 Å². The summed E-state index contributed by atoms with van der Waals surface area (Å²) in [4.78, 5) is 11.3. The molecule has 8 heteroatoms. The van der Waals surface area contributed by atoms with Gasteiger partial charge in [0.25, 0.3) is 0 Å². The highest BCUT2D eigenvalue weighted by Crippen LogP contribution is 2.22. The Bertz CT molecular complexity index is 558. The van der Waals surface area contributed by atoms with Gasteiger partial charge in [-0.05, 0) is 12.1 Å². The van der Waals surface area contributed by atoms with Gasteiger partial charge in [0, 0.05) is 7.05 Å². The fraction of sp³-hybridized carbons (Fsp3) is 0.364. The highest BCUT2D eigenvalue weighted by atomic mass is 32.2. The molecule has 1 rings (SSSR count). The standard InChI is InChI=1S/C11H16N2O5S/c1-13(9(7-14)11(15)18-2)19(16,17)10-6-4-3-5-8(10)12/h3-6,9,14H,7,12H2,1-2H3. The molecule has 106 valence electrons. The van der Waals surface area contributed by atoms with Crippen LogP contribution in [-0.2, 0) is 19.6 Å². The van der Waals surface area contributed by atoms with Crippen molar-refractivity contribution in [3.05, 3.63) is 24.3 Å². The van der Waals surface area contributed by atoms with Crippen molar-refractivity contribution >= 4 is 21.7 Å². The molecule has 0 saturated carbocycles. The molecule has 0 saturated heterocycles. The quantitative estimate of drug-likeness (QED) is 0.554. The van der Waals surface area contributed by atoms with Crippen LogP contribution in [0.4, 0.5) is 5.69 Å². The van der Waals surface area contributed by atoms with Crippen molar-refractivity contribution in [2.24, 2.45) is 0 Å². The summed E-state index contributed by atoms with van der Waals surface area (Å²) in [5.74, 6) is -0.844. The van der Waals surface area contributed by atoms with Gasteiger partial charge in [-0.2, -0.15) is 4.31 Å². The van der Waals surface area contributed by atoms with Gasteiger partial charge in [-0.15, -0.1) is 0 Å². The maximum Gasteiger partial charge on any atom is 0.326 e. The molecule has 19 heavy (non-hydrogen) atoms. The number of carbonyl (C=O) groups is 1. The van der Waals surface area contributed by atoms with Crippen LogP contribution in [-0.4, -0.2) is 50.6 Å². The van der Waals surface area contributed by atoms with Crippen LogP contribution in [0.1, 0.15) is 0 Å². The van der Waals surface area contributed by atoms with Crippen LogP contribution in [0.2, 0.25) is 0 Å². The fourth-order valence-corrected chi connectivity index (χ4v) is 2.93. The van der Waals surface area contributed by atoms with E-state index >= 15 is 0 Å². The molecule has 0 bridgehead atoms. The van der Waals surface area contributed by atoms with Gasteiger partial charge < -0.3 is 15.6 Å². The highest BCUT2D eigenvalue weighted by Gasteiger charge is 2.34. The summed E-state index contributed by atoms with van der Waals surface area (Å²) in [6.07, 6.45) is 0. The third-order valence-electron chi connectivity index (χ3n) is 2.66. The van der Waals surface area contributed by atoms with E-state index in [9.17, 15) is 13.2 Å². The zero-order valence-corrected chi connectivity index (χ0v) is 11.4. The fourth-order valence-electron chi connectivity index (χ4n) is 1.51. The monoisotopic (exact) mass is 288 g/mol. The third kappa shape index (κ3) is 3.03. The Hall–Kier alpha value is -1.64. The molecule has 0 aliphatic carbocycles. The van der Waals surface area contributed by atoms with E-state index in [1.807, 2.05) is 0 Å². The number of nitrogens with two attached hydrogens (primary N) is 1. The van der Waals surface area contributed by atoms with Gasteiger partial charge in [-0.3, -0.25) is 4.79 Å². The number of nitrogens with zero attached hydrogens (tertiary/aromatic N) is 1. The molecule has 0 aliphatic heterocycles. The van der Waals surface area contributed by atoms with Crippen molar-refractivity contribution in [2.45, 2.75) is 10.9 Å². The van der Waals surface area contributed by atoms with E-state index in [0.717, 1.165) is 11.4 Å². The number of likely N-dealkylation sites (N-methyl/N-ethyl adjacent to an activating group) is 1. The lowest BCUT2D eigenvalue weighted by molar-refractivity contribution is -0.146. The summed E-state index contributed by atoms with van der Waals surface area (Å²) in [6, 6.07) is 4.57. The predicted octanol–water partition coefficient (Wildman–Crippen LogP) is -0.577. The van der Waals surface area contributed by atoms with E-state index in [2.05, 4.69) is 4.74 Å². The van der Waals surface area contributed by atoms with Crippen molar-refractivity contribution in [3.8, 4) is 0 Å². The van der Waals surface area contributed by atoms with E-state index in [4.69, 9.17) is 10.8 Å². The van der Waals surface area contributed by atoms with E-state index in [0.29, 0.717) is 0 Å². The molecular weight excluding hydrogens is 272 g/mol. The Morgan fingerprint density at radius 1 is 1.47 bits per heavy atom. The van der Waals surface area contributed by atoms with Crippen LogP contribution in [0.5, 0.6) is 0 Å². The van der Waals surface area contributed by atoms with E-state index in [1.165, 1.54) is 25.2 Å². The number of nitrogen functional groups attached to an aromatic ring is 1. The molecule has 0 fully saturated rings. The summed E-state index contributed by atoms with van der Waals surface area (Å²) >= 11 is 0. The third-order valence-corrected chi connectivity index (χ3v) is 4.60. The Balaban J connectivity index is 3.20. The SMILES string of the molecule is COC(=O)C(CO)N(C)S(=O)(=O)c1ccccc1N. The lowest BCUT2D eigenvalue weighted by Gasteiger charge is -2.24. The van der Waals surface area contributed by atoms with Crippen LogP contribution in [0.15, 0.2) is 29.2 Å². The maximum atomic E-state index is 12.3. The average Bonchev–Trinajstić information content (AvgIpc) is 2.39. The number of anilines is 1. The first-order valence-electron chi connectivity index (χ1n) is 5.37. The molecule has 1 atom stereocenters. The van der Waals surface area contributed by atoms with Crippen LogP contribution < -0.4 is 5.73 Å². The summed E-state index contributed by atoms with van der Waals surface area (Å²) in [6.45, 7) is -0.685.